The van der Waals surface area contributed by atoms with Crippen molar-refractivity contribution in [2.24, 2.45) is 0 Å². The monoisotopic (exact) mass is 318 g/mol. The molecule has 23 heavy (non-hydrogen) atoms. The van der Waals surface area contributed by atoms with Crippen LogP contribution in [0.15, 0.2) is 27.1 Å². The van der Waals surface area contributed by atoms with Crippen LogP contribution in [-0.4, -0.2) is 35.7 Å². The first-order valence-electron chi connectivity index (χ1n) is 7.90. The molecule has 0 saturated carbocycles. The molecule has 0 radical (unpaired) electrons. The van der Waals surface area contributed by atoms with Crippen molar-refractivity contribution >= 4 is 11.8 Å². The van der Waals surface area contributed by atoms with E-state index in [4.69, 9.17) is 8.94 Å². The van der Waals surface area contributed by atoms with Gasteiger partial charge in [-0.1, -0.05) is 5.16 Å². The highest BCUT2D eigenvalue weighted by Crippen LogP contribution is 2.26. The van der Waals surface area contributed by atoms with Crippen molar-refractivity contribution in [3.8, 4) is 0 Å². The van der Waals surface area contributed by atoms with Gasteiger partial charge in [0.05, 0.1) is 6.04 Å². The molecule has 2 aromatic rings. The van der Waals surface area contributed by atoms with Crippen LogP contribution in [0.4, 0.5) is 10.6 Å². The SMILES string of the molecule is Cc1cc(NC(=O)NCC(c2ccc(C)o2)N2CCCC2)no1. The molecule has 0 spiro atoms. The zero-order chi connectivity index (χ0) is 16.2. The van der Waals surface area contributed by atoms with E-state index in [2.05, 4.69) is 20.7 Å². The Morgan fingerprint density at radius 1 is 1.30 bits per heavy atom. The molecule has 0 aromatic carbocycles. The van der Waals surface area contributed by atoms with Crippen LogP contribution >= 0.6 is 0 Å². The minimum Gasteiger partial charge on any atom is -0.465 e. The van der Waals surface area contributed by atoms with Gasteiger partial charge in [0.15, 0.2) is 5.82 Å². The predicted octanol–water partition coefficient (Wildman–Crippen LogP) is 2.84. The normalized spacial score (nSPS) is 16.4. The van der Waals surface area contributed by atoms with Crippen LogP contribution in [0.2, 0.25) is 0 Å². The summed E-state index contributed by atoms with van der Waals surface area (Å²) in [6.07, 6.45) is 2.36. The van der Waals surface area contributed by atoms with Gasteiger partial charge in [0.1, 0.15) is 17.3 Å². The summed E-state index contributed by atoms with van der Waals surface area (Å²) >= 11 is 0. The van der Waals surface area contributed by atoms with E-state index in [-0.39, 0.29) is 12.1 Å². The highest BCUT2D eigenvalue weighted by Gasteiger charge is 2.26. The van der Waals surface area contributed by atoms with E-state index in [1.165, 1.54) is 12.8 Å². The Labute approximate surface area is 135 Å². The smallest absolute Gasteiger partial charge is 0.320 e. The van der Waals surface area contributed by atoms with Gasteiger partial charge in [0.25, 0.3) is 0 Å². The van der Waals surface area contributed by atoms with E-state index in [1.54, 1.807) is 13.0 Å². The second-order valence-electron chi connectivity index (χ2n) is 5.87. The molecule has 0 bridgehead atoms. The van der Waals surface area contributed by atoms with Crippen LogP contribution in [0.1, 0.15) is 36.2 Å². The number of nitrogens with one attached hydrogen (secondary N) is 2. The van der Waals surface area contributed by atoms with Crippen LogP contribution in [0, 0.1) is 13.8 Å². The molecule has 1 unspecified atom stereocenters. The number of likely N-dealkylation sites (tertiary alicyclic amines) is 1. The maximum atomic E-state index is 12.0. The summed E-state index contributed by atoms with van der Waals surface area (Å²) in [7, 11) is 0. The number of amides is 2. The second-order valence-corrected chi connectivity index (χ2v) is 5.87. The third-order valence-corrected chi connectivity index (χ3v) is 4.00. The molecule has 2 N–H and O–H groups in total. The molecule has 3 heterocycles. The standard InChI is InChI=1S/C16H22N4O3/c1-11-5-6-14(22-11)13(20-7-3-4-8-20)10-17-16(21)18-15-9-12(2)23-19-15/h5-6,9,13H,3-4,7-8,10H2,1-2H3,(H2,17,18,19,21). The third kappa shape index (κ3) is 3.92. The molecule has 1 aliphatic rings. The van der Waals surface area contributed by atoms with Gasteiger partial charge < -0.3 is 14.3 Å². The number of anilines is 1. The number of carbonyl (C=O) groups excluding carboxylic acids is 1. The van der Waals surface area contributed by atoms with Gasteiger partial charge in [-0.15, -0.1) is 0 Å². The van der Waals surface area contributed by atoms with Gasteiger partial charge in [-0.2, -0.15) is 0 Å². The fourth-order valence-corrected chi connectivity index (χ4v) is 2.87. The van der Waals surface area contributed by atoms with Crippen molar-refractivity contribution in [3.05, 3.63) is 35.5 Å². The molecule has 3 rings (SSSR count). The van der Waals surface area contributed by atoms with E-state index in [9.17, 15) is 4.79 Å². The maximum absolute atomic E-state index is 12.0. The minimum absolute atomic E-state index is 0.0518. The Hall–Kier alpha value is -2.28. The number of aromatic nitrogens is 1. The average molecular weight is 318 g/mol. The molecule has 2 aromatic heterocycles. The fourth-order valence-electron chi connectivity index (χ4n) is 2.87. The van der Waals surface area contributed by atoms with E-state index >= 15 is 0 Å². The van der Waals surface area contributed by atoms with Gasteiger partial charge in [-0.3, -0.25) is 10.2 Å². The van der Waals surface area contributed by atoms with E-state index in [1.807, 2.05) is 19.1 Å². The highest BCUT2D eigenvalue weighted by molar-refractivity contribution is 5.88. The number of hydrogen-bond acceptors (Lipinski definition) is 5. The van der Waals surface area contributed by atoms with Crippen molar-refractivity contribution in [2.75, 3.05) is 25.0 Å². The summed E-state index contributed by atoms with van der Waals surface area (Å²) in [6, 6.07) is 5.37. The van der Waals surface area contributed by atoms with Crippen LogP contribution in [0.5, 0.6) is 0 Å². The zero-order valence-corrected chi connectivity index (χ0v) is 13.5. The van der Waals surface area contributed by atoms with E-state index < -0.39 is 0 Å². The van der Waals surface area contributed by atoms with Gasteiger partial charge in [0, 0.05) is 12.6 Å². The van der Waals surface area contributed by atoms with Crippen LogP contribution < -0.4 is 10.6 Å². The Morgan fingerprint density at radius 2 is 2.09 bits per heavy atom. The minimum atomic E-state index is -0.300. The molecule has 7 nitrogen and oxygen atoms in total. The largest absolute Gasteiger partial charge is 0.465 e. The maximum Gasteiger partial charge on any atom is 0.320 e. The summed E-state index contributed by atoms with van der Waals surface area (Å²) in [5, 5.41) is 9.30. The predicted molar refractivity (Wildman–Crippen MR) is 85.3 cm³/mol. The molecule has 1 aliphatic heterocycles. The van der Waals surface area contributed by atoms with E-state index in [0.717, 1.165) is 24.6 Å². The van der Waals surface area contributed by atoms with Gasteiger partial charge in [0.2, 0.25) is 0 Å². The molecule has 7 heteroatoms. The fraction of sp³-hybridized carbons (Fsp3) is 0.500. The molecular formula is C16H22N4O3. The summed E-state index contributed by atoms with van der Waals surface area (Å²) in [5.74, 6) is 2.83. The van der Waals surface area contributed by atoms with Gasteiger partial charge in [-0.05, 0) is 51.9 Å². The van der Waals surface area contributed by atoms with Crippen LogP contribution in [0.25, 0.3) is 0 Å². The lowest BCUT2D eigenvalue weighted by Crippen LogP contribution is -2.38. The molecule has 2 amide bonds. The Kier molecular flexibility index (Phi) is 4.66. The lowest BCUT2D eigenvalue weighted by Gasteiger charge is -2.26. The highest BCUT2D eigenvalue weighted by atomic mass is 16.5. The van der Waals surface area contributed by atoms with Crippen molar-refractivity contribution < 1.29 is 13.7 Å². The Bertz CT molecular complexity index is 658. The van der Waals surface area contributed by atoms with Gasteiger partial charge >= 0.3 is 6.03 Å². The average Bonchev–Trinajstić information content (AvgIpc) is 3.23. The quantitative estimate of drug-likeness (QED) is 0.885. The molecular weight excluding hydrogens is 296 g/mol. The molecule has 1 saturated heterocycles. The van der Waals surface area contributed by atoms with Crippen LogP contribution in [-0.2, 0) is 0 Å². The number of hydrogen-bond donors (Lipinski definition) is 2. The first-order valence-corrected chi connectivity index (χ1v) is 7.90. The molecule has 124 valence electrons. The molecule has 1 atom stereocenters. The summed E-state index contributed by atoms with van der Waals surface area (Å²) < 4.78 is 10.7. The number of rotatable bonds is 5. The first-order chi connectivity index (χ1) is 11.1. The lowest BCUT2D eigenvalue weighted by atomic mass is 10.2. The van der Waals surface area contributed by atoms with E-state index in [0.29, 0.717) is 18.1 Å². The lowest BCUT2D eigenvalue weighted by molar-refractivity contribution is 0.205. The number of furan rings is 1. The Morgan fingerprint density at radius 3 is 2.70 bits per heavy atom. The van der Waals surface area contributed by atoms with Crippen LogP contribution in [0.3, 0.4) is 0 Å². The summed E-state index contributed by atoms with van der Waals surface area (Å²) in [5.41, 5.74) is 0. The molecule has 1 fully saturated rings. The van der Waals surface area contributed by atoms with Crippen molar-refractivity contribution in [3.63, 3.8) is 0 Å². The second kappa shape index (κ2) is 6.87. The summed E-state index contributed by atoms with van der Waals surface area (Å²) in [6.45, 7) is 6.23. The molecule has 0 aliphatic carbocycles. The van der Waals surface area contributed by atoms with Gasteiger partial charge in [-0.25, -0.2) is 4.79 Å². The first kappa shape index (κ1) is 15.6. The number of aryl methyl sites for hydroxylation is 2. The Balaban J connectivity index is 1.60. The number of nitrogens with zero attached hydrogens (tertiary/aromatic N) is 2. The number of urea groups is 1. The third-order valence-electron chi connectivity index (χ3n) is 4.00. The zero-order valence-electron chi connectivity index (χ0n) is 13.5. The van der Waals surface area contributed by atoms with Crippen molar-refractivity contribution in [1.29, 1.82) is 0 Å². The van der Waals surface area contributed by atoms with Crippen molar-refractivity contribution in [1.82, 2.24) is 15.4 Å². The summed E-state index contributed by atoms with van der Waals surface area (Å²) in [4.78, 5) is 14.4. The topological polar surface area (TPSA) is 83.5 Å². The number of carbonyl (C=O) groups is 1. The van der Waals surface area contributed by atoms with Crippen molar-refractivity contribution in [2.45, 2.75) is 32.7 Å².